The Morgan fingerprint density at radius 1 is 1.04 bits per heavy atom. The van der Waals surface area contributed by atoms with Gasteiger partial charge in [0.25, 0.3) is 5.69 Å². The smallest absolute Gasteiger partial charge is 0.339 e. The zero-order valence-electron chi connectivity index (χ0n) is 12.5. The highest BCUT2D eigenvalue weighted by atomic mass is 32.2. The zero-order chi connectivity index (χ0) is 18.4. The molecule has 0 heterocycles. The second-order valence-corrected chi connectivity index (χ2v) is 6.19. The maximum Gasteiger partial charge on any atom is 0.339 e. The SMILES string of the molecule is N#CC(C#N)=Cc1ccc(S(=O)(=O)Oc2ccc([N+](=O)[O-])cc2)cc1. The third-order valence-corrected chi connectivity index (χ3v) is 4.24. The monoisotopic (exact) mass is 355 g/mol. The lowest BCUT2D eigenvalue weighted by Gasteiger charge is -2.07. The van der Waals surface area contributed by atoms with Crippen LogP contribution in [-0.2, 0) is 10.1 Å². The van der Waals surface area contributed by atoms with Crippen molar-refractivity contribution in [3.63, 3.8) is 0 Å². The van der Waals surface area contributed by atoms with E-state index in [0.29, 0.717) is 5.56 Å². The predicted molar refractivity (Wildman–Crippen MR) is 86.6 cm³/mol. The van der Waals surface area contributed by atoms with Crippen LogP contribution in [0.3, 0.4) is 0 Å². The number of hydrogen-bond donors (Lipinski definition) is 0. The van der Waals surface area contributed by atoms with Gasteiger partial charge in [-0.3, -0.25) is 10.1 Å². The topological polar surface area (TPSA) is 134 Å². The van der Waals surface area contributed by atoms with Crippen LogP contribution in [0.15, 0.2) is 59.0 Å². The Balaban J connectivity index is 2.22. The maximum absolute atomic E-state index is 12.2. The molecule has 0 fully saturated rings. The summed E-state index contributed by atoms with van der Waals surface area (Å²) in [7, 11) is -4.12. The zero-order valence-corrected chi connectivity index (χ0v) is 13.3. The van der Waals surface area contributed by atoms with Gasteiger partial charge in [-0.25, -0.2) is 0 Å². The highest BCUT2D eigenvalue weighted by molar-refractivity contribution is 7.87. The molecule has 0 unspecified atom stereocenters. The molecule has 8 nitrogen and oxygen atoms in total. The molecule has 9 heteroatoms. The summed E-state index contributed by atoms with van der Waals surface area (Å²) in [5.41, 5.74) is 0.178. The first-order valence-corrected chi connectivity index (χ1v) is 8.07. The molecule has 0 saturated heterocycles. The van der Waals surface area contributed by atoms with Gasteiger partial charge in [0.2, 0.25) is 0 Å². The van der Waals surface area contributed by atoms with E-state index in [9.17, 15) is 18.5 Å². The summed E-state index contributed by atoms with van der Waals surface area (Å²) in [5.74, 6) is -0.0641. The summed E-state index contributed by atoms with van der Waals surface area (Å²) in [6.07, 6.45) is 1.31. The van der Waals surface area contributed by atoms with Crippen LogP contribution < -0.4 is 4.18 Å². The first-order valence-electron chi connectivity index (χ1n) is 6.66. The van der Waals surface area contributed by atoms with E-state index in [1.165, 1.54) is 42.5 Å². The maximum atomic E-state index is 12.2. The van der Waals surface area contributed by atoms with Crippen molar-refractivity contribution >= 4 is 21.9 Å². The van der Waals surface area contributed by atoms with Crippen LogP contribution in [0.4, 0.5) is 5.69 Å². The van der Waals surface area contributed by atoms with E-state index in [1.807, 2.05) is 0 Å². The summed E-state index contributed by atoms with van der Waals surface area (Å²) < 4.78 is 29.3. The Kier molecular flexibility index (Phi) is 5.12. The normalized spacial score (nSPS) is 10.2. The fraction of sp³-hybridized carbons (Fsp3) is 0. The molecule has 0 atom stereocenters. The van der Waals surface area contributed by atoms with Crippen molar-refractivity contribution in [2.45, 2.75) is 4.90 Å². The summed E-state index contributed by atoms with van der Waals surface area (Å²) in [4.78, 5) is 9.82. The number of benzene rings is 2. The molecule has 2 aromatic carbocycles. The number of rotatable bonds is 5. The van der Waals surface area contributed by atoms with Crippen LogP contribution in [0.1, 0.15) is 5.56 Å². The van der Waals surface area contributed by atoms with Gasteiger partial charge in [-0.05, 0) is 35.9 Å². The molecule has 0 amide bonds. The molecule has 0 bridgehead atoms. The van der Waals surface area contributed by atoms with Crippen LogP contribution in [-0.4, -0.2) is 13.3 Å². The van der Waals surface area contributed by atoms with Crippen LogP contribution in [0.5, 0.6) is 5.75 Å². The predicted octanol–water partition coefficient (Wildman–Crippen LogP) is 2.79. The molecule has 0 spiro atoms. The van der Waals surface area contributed by atoms with Gasteiger partial charge in [-0.2, -0.15) is 18.9 Å². The molecule has 124 valence electrons. The van der Waals surface area contributed by atoms with Crippen LogP contribution in [0, 0.1) is 32.8 Å². The van der Waals surface area contributed by atoms with Crippen molar-refractivity contribution in [1.29, 1.82) is 10.5 Å². The van der Waals surface area contributed by atoms with Crippen LogP contribution >= 0.6 is 0 Å². The second-order valence-electron chi connectivity index (χ2n) is 4.64. The quantitative estimate of drug-likeness (QED) is 0.348. The van der Waals surface area contributed by atoms with Crippen LogP contribution in [0.25, 0.3) is 6.08 Å². The fourth-order valence-corrected chi connectivity index (χ4v) is 2.72. The van der Waals surface area contributed by atoms with Crippen molar-refractivity contribution in [2.75, 3.05) is 0 Å². The number of hydrogen-bond acceptors (Lipinski definition) is 7. The first-order chi connectivity index (χ1) is 11.9. The number of allylic oxidation sites excluding steroid dienone is 1. The molecule has 2 aromatic rings. The van der Waals surface area contributed by atoms with Gasteiger partial charge in [0, 0.05) is 12.1 Å². The summed E-state index contributed by atoms with van der Waals surface area (Å²) in [6, 6.07) is 13.4. The Hall–Kier alpha value is -3.69. The Labute approximate surface area is 143 Å². The Morgan fingerprint density at radius 3 is 2.08 bits per heavy atom. The average molecular weight is 355 g/mol. The molecule has 0 aliphatic heterocycles. The lowest BCUT2D eigenvalue weighted by molar-refractivity contribution is -0.384. The molecule has 0 saturated carbocycles. The van der Waals surface area contributed by atoms with Gasteiger partial charge in [0.15, 0.2) is 0 Å². The van der Waals surface area contributed by atoms with E-state index < -0.39 is 15.0 Å². The van der Waals surface area contributed by atoms with Gasteiger partial charge in [-0.15, -0.1) is 0 Å². The summed E-state index contributed by atoms with van der Waals surface area (Å²) in [5, 5.41) is 28.0. The molecule has 25 heavy (non-hydrogen) atoms. The minimum atomic E-state index is -4.12. The van der Waals surface area contributed by atoms with E-state index >= 15 is 0 Å². The van der Waals surface area contributed by atoms with E-state index in [2.05, 4.69) is 0 Å². The van der Waals surface area contributed by atoms with Crippen molar-refractivity contribution in [2.24, 2.45) is 0 Å². The number of nitrogens with zero attached hydrogens (tertiary/aromatic N) is 3. The number of nitro benzene ring substituents is 1. The molecule has 0 aliphatic carbocycles. The Bertz CT molecular complexity index is 995. The van der Waals surface area contributed by atoms with Gasteiger partial charge in [0.1, 0.15) is 28.4 Å². The molecule has 0 radical (unpaired) electrons. The van der Waals surface area contributed by atoms with E-state index in [4.69, 9.17) is 14.7 Å². The second kappa shape index (κ2) is 7.25. The molecular weight excluding hydrogens is 346 g/mol. The third kappa shape index (κ3) is 4.41. The summed E-state index contributed by atoms with van der Waals surface area (Å²) in [6.45, 7) is 0. The van der Waals surface area contributed by atoms with E-state index in [-0.39, 0.29) is 21.9 Å². The highest BCUT2D eigenvalue weighted by Crippen LogP contribution is 2.22. The van der Waals surface area contributed by atoms with E-state index in [0.717, 1.165) is 12.1 Å². The first kappa shape index (κ1) is 17.7. The van der Waals surface area contributed by atoms with E-state index in [1.54, 1.807) is 12.1 Å². The third-order valence-electron chi connectivity index (χ3n) is 2.97. The number of nitro groups is 1. The lowest BCUT2D eigenvalue weighted by Crippen LogP contribution is -2.09. The highest BCUT2D eigenvalue weighted by Gasteiger charge is 2.17. The Morgan fingerprint density at radius 2 is 1.60 bits per heavy atom. The molecule has 0 aromatic heterocycles. The standard InChI is InChI=1S/C16H9N3O5S/c17-10-13(11-18)9-12-1-7-16(8-2-12)25(22,23)24-15-5-3-14(4-6-15)19(20)21/h1-9H. The minimum Gasteiger partial charge on any atom is -0.379 e. The molecular formula is C16H9N3O5S. The van der Waals surface area contributed by atoms with Crippen molar-refractivity contribution in [1.82, 2.24) is 0 Å². The molecule has 0 N–H and O–H groups in total. The van der Waals surface area contributed by atoms with Gasteiger partial charge < -0.3 is 4.18 Å². The lowest BCUT2D eigenvalue weighted by atomic mass is 10.1. The van der Waals surface area contributed by atoms with Crippen molar-refractivity contribution in [3.8, 4) is 17.9 Å². The fourth-order valence-electron chi connectivity index (χ4n) is 1.79. The minimum absolute atomic E-state index is 0.0641. The summed E-state index contributed by atoms with van der Waals surface area (Å²) >= 11 is 0. The van der Waals surface area contributed by atoms with Gasteiger partial charge in [0.05, 0.1) is 4.92 Å². The molecule has 0 aliphatic rings. The van der Waals surface area contributed by atoms with Crippen molar-refractivity contribution < 1.29 is 17.5 Å². The van der Waals surface area contributed by atoms with Gasteiger partial charge >= 0.3 is 10.1 Å². The average Bonchev–Trinajstić information content (AvgIpc) is 2.60. The number of nitriles is 2. The molecule has 2 rings (SSSR count). The van der Waals surface area contributed by atoms with Crippen LogP contribution in [0.2, 0.25) is 0 Å². The van der Waals surface area contributed by atoms with Crippen molar-refractivity contribution in [3.05, 3.63) is 69.8 Å². The number of non-ortho nitro benzene ring substituents is 1. The largest absolute Gasteiger partial charge is 0.379 e. The van der Waals surface area contributed by atoms with Gasteiger partial charge in [-0.1, -0.05) is 12.1 Å².